The number of anilines is 1. The van der Waals surface area contributed by atoms with Gasteiger partial charge >= 0.3 is 0 Å². The second-order valence-corrected chi connectivity index (χ2v) is 4.81. The number of nitrogens with one attached hydrogen (secondary N) is 1. The first-order chi connectivity index (χ1) is 7.40. The molecular formula is C10H18N4S. The molecule has 0 amide bonds. The first-order valence-corrected chi connectivity index (χ1v) is 6.33. The molecule has 0 spiro atoms. The van der Waals surface area contributed by atoms with Crippen LogP contribution in [0.4, 0.5) is 5.13 Å². The lowest BCUT2D eigenvalue weighted by Crippen LogP contribution is -2.34. The van der Waals surface area contributed by atoms with Crippen molar-refractivity contribution in [1.82, 2.24) is 14.7 Å². The van der Waals surface area contributed by atoms with Crippen LogP contribution in [0.15, 0.2) is 6.33 Å². The third kappa shape index (κ3) is 2.89. The summed E-state index contributed by atoms with van der Waals surface area (Å²) in [5.41, 5.74) is 0. The molecule has 1 aromatic rings. The predicted octanol–water partition coefficient (Wildman–Crippen LogP) is 1.36. The van der Waals surface area contributed by atoms with Crippen molar-refractivity contribution in [2.45, 2.75) is 19.3 Å². The Balaban J connectivity index is 1.77. The Labute approximate surface area is 94.9 Å². The zero-order valence-electron chi connectivity index (χ0n) is 9.15. The molecule has 1 aromatic heterocycles. The molecule has 0 radical (unpaired) electrons. The van der Waals surface area contributed by atoms with Crippen LogP contribution in [0.1, 0.15) is 19.3 Å². The fraction of sp³-hybridized carbons (Fsp3) is 0.800. The zero-order valence-corrected chi connectivity index (χ0v) is 9.96. The second kappa shape index (κ2) is 5.42. The van der Waals surface area contributed by atoms with E-state index >= 15 is 0 Å². The van der Waals surface area contributed by atoms with Gasteiger partial charge in [-0.25, -0.2) is 4.98 Å². The van der Waals surface area contributed by atoms with Crippen LogP contribution in [-0.2, 0) is 0 Å². The Hall–Kier alpha value is -0.680. The fourth-order valence-electron chi connectivity index (χ4n) is 2.07. The van der Waals surface area contributed by atoms with E-state index in [2.05, 4.69) is 19.6 Å². The normalized spacial score (nSPS) is 18.3. The molecule has 84 valence electrons. The van der Waals surface area contributed by atoms with Crippen LogP contribution in [0.25, 0.3) is 0 Å². The quantitative estimate of drug-likeness (QED) is 0.842. The van der Waals surface area contributed by atoms with E-state index in [9.17, 15) is 0 Å². The molecule has 1 N–H and O–H groups in total. The lowest BCUT2D eigenvalue weighted by molar-refractivity contribution is 0.378. The van der Waals surface area contributed by atoms with Crippen molar-refractivity contribution in [3.05, 3.63) is 6.33 Å². The number of piperidine rings is 1. The summed E-state index contributed by atoms with van der Waals surface area (Å²) in [5, 5.41) is 4.31. The first-order valence-electron chi connectivity index (χ1n) is 5.56. The summed E-state index contributed by atoms with van der Waals surface area (Å²) in [5.74, 6) is 0.890. The maximum atomic E-state index is 4.25. The molecule has 0 atom stereocenters. The van der Waals surface area contributed by atoms with Gasteiger partial charge in [-0.3, -0.25) is 0 Å². The minimum Gasteiger partial charge on any atom is -0.347 e. The van der Waals surface area contributed by atoms with E-state index in [1.54, 1.807) is 6.33 Å². The van der Waals surface area contributed by atoms with Gasteiger partial charge in [-0.2, -0.15) is 4.37 Å². The third-order valence-electron chi connectivity index (χ3n) is 3.04. The monoisotopic (exact) mass is 226 g/mol. The molecule has 15 heavy (non-hydrogen) atoms. The van der Waals surface area contributed by atoms with Crippen LogP contribution in [-0.4, -0.2) is 36.0 Å². The topological polar surface area (TPSA) is 41.0 Å². The Morgan fingerprint density at radius 1 is 1.53 bits per heavy atom. The molecule has 0 aromatic carbocycles. The van der Waals surface area contributed by atoms with E-state index in [4.69, 9.17) is 0 Å². The lowest BCUT2D eigenvalue weighted by atomic mass is 9.94. The van der Waals surface area contributed by atoms with Gasteiger partial charge in [-0.15, -0.1) is 0 Å². The summed E-state index contributed by atoms with van der Waals surface area (Å²) >= 11 is 1.50. The summed E-state index contributed by atoms with van der Waals surface area (Å²) in [6.45, 7) is 3.43. The van der Waals surface area contributed by atoms with Gasteiger partial charge in [0, 0.05) is 24.6 Å². The fourth-order valence-corrected chi connectivity index (χ4v) is 2.65. The average Bonchev–Trinajstić information content (AvgIpc) is 2.80. The highest BCUT2D eigenvalue weighted by atomic mass is 32.1. The van der Waals surface area contributed by atoms with Gasteiger partial charge in [0.05, 0.1) is 0 Å². The van der Waals surface area contributed by atoms with Crippen LogP contribution < -0.4 is 10.2 Å². The highest BCUT2D eigenvalue weighted by Crippen LogP contribution is 2.25. The predicted molar refractivity (Wildman–Crippen MR) is 63.4 cm³/mol. The van der Waals surface area contributed by atoms with E-state index in [-0.39, 0.29) is 0 Å². The number of nitrogens with zero attached hydrogens (tertiary/aromatic N) is 3. The van der Waals surface area contributed by atoms with Crippen LogP contribution in [0.5, 0.6) is 0 Å². The number of hydrogen-bond acceptors (Lipinski definition) is 5. The van der Waals surface area contributed by atoms with Gasteiger partial charge in [-0.1, -0.05) is 0 Å². The molecule has 5 heteroatoms. The highest BCUT2D eigenvalue weighted by molar-refractivity contribution is 7.09. The van der Waals surface area contributed by atoms with Gasteiger partial charge in [0.15, 0.2) is 0 Å². The average molecular weight is 226 g/mol. The molecule has 0 bridgehead atoms. The molecule has 1 fully saturated rings. The molecular weight excluding hydrogens is 208 g/mol. The van der Waals surface area contributed by atoms with Gasteiger partial charge in [0.25, 0.3) is 0 Å². The number of rotatable bonds is 4. The summed E-state index contributed by atoms with van der Waals surface area (Å²) in [4.78, 5) is 6.60. The molecule has 4 nitrogen and oxygen atoms in total. The lowest BCUT2D eigenvalue weighted by Gasteiger charge is -2.31. The van der Waals surface area contributed by atoms with E-state index in [1.165, 1.54) is 30.8 Å². The van der Waals surface area contributed by atoms with Gasteiger partial charge < -0.3 is 10.2 Å². The Morgan fingerprint density at radius 3 is 2.93 bits per heavy atom. The van der Waals surface area contributed by atoms with E-state index in [0.717, 1.165) is 30.7 Å². The summed E-state index contributed by atoms with van der Waals surface area (Å²) in [6, 6.07) is 0. The van der Waals surface area contributed by atoms with Crippen molar-refractivity contribution in [2.24, 2.45) is 5.92 Å². The van der Waals surface area contributed by atoms with Crippen molar-refractivity contribution in [3.8, 4) is 0 Å². The number of aromatic nitrogens is 2. The molecule has 0 saturated carbocycles. The zero-order chi connectivity index (χ0) is 10.5. The summed E-state index contributed by atoms with van der Waals surface area (Å²) < 4.78 is 4.04. The highest BCUT2D eigenvalue weighted by Gasteiger charge is 2.20. The number of hydrogen-bond donors (Lipinski definition) is 1. The third-order valence-corrected chi connectivity index (χ3v) is 3.76. The van der Waals surface area contributed by atoms with Gasteiger partial charge in [-0.05, 0) is 38.8 Å². The van der Waals surface area contributed by atoms with Crippen LogP contribution in [0.2, 0.25) is 0 Å². The Bertz CT molecular complexity index is 267. The van der Waals surface area contributed by atoms with Crippen LogP contribution in [0.3, 0.4) is 0 Å². The van der Waals surface area contributed by atoms with E-state index in [0.29, 0.717) is 0 Å². The second-order valence-electron chi connectivity index (χ2n) is 4.05. The minimum atomic E-state index is 0.890. The Morgan fingerprint density at radius 2 is 2.33 bits per heavy atom. The molecule has 2 rings (SSSR count). The maximum Gasteiger partial charge on any atom is 0.204 e. The van der Waals surface area contributed by atoms with E-state index in [1.807, 2.05) is 7.05 Å². The molecule has 1 saturated heterocycles. The molecule has 0 unspecified atom stereocenters. The molecule has 2 heterocycles. The van der Waals surface area contributed by atoms with Crippen LogP contribution >= 0.6 is 11.5 Å². The van der Waals surface area contributed by atoms with Crippen molar-refractivity contribution < 1.29 is 0 Å². The minimum absolute atomic E-state index is 0.890. The summed E-state index contributed by atoms with van der Waals surface area (Å²) in [6.07, 6.45) is 5.54. The summed E-state index contributed by atoms with van der Waals surface area (Å²) in [7, 11) is 2.02. The van der Waals surface area contributed by atoms with Crippen molar-refractivity contribution in [2.75, 3.05) is 31.6 Å². The maximum absolute atomic E-state index is 4.25. The molecule has 1 aliphatic rings. The SMILES string of the molecule is CNCCC1CCN(c2ncns2)CC1. The largest absolute Gasteiger partial charge is 0.347 e. The Kier molecular flexibility index (Phi) is 3.91. The standard InChI is InChI=1S/C10H18N4S/c1-11-5-2-9-3-6-14(7-4-9)10-12-8-13-15-10/h8-9,11H,2-7H2,1H3. The van der Waals surface area contributed by atoms with E-state index < -0.39 is 0 Å². The first kappa shape index (κ1) is 10.8. The van der Waals surface area contributed by atoms with Crippen molar-refractivity contribution >= 4 is 16.7 Å². The van der Waals surface area contributed by atoms with Gasteiger partial charge in [0.2, 0.25) is 5.13 Å². The van der Waals surface area contributed by atoms with Crippen LogP contribution in [0, 0.1) is 5.92 Å². The smallest absolute Gasteiger partial charge is 0.204 e. The van der Waals surface area contributed by atoms with Crippen molar-refractivity contribution in [1.29, 1.82) is 0 Å². The van der Waals surface area contributed by atoms with Crippen molar-refractivity contribution in [3.63, 3.8) is 0 Å². The molecule has 0 aliphatic carbocycles. The molecule has 1 aliphatic heterocycles. The van der Waals surface area contributed by atoms with Gasteiger partial charge in [0.1, 0.15) is 6.33 Å².